The van der Waals surface area contributed by atoms with Gasteiger partial charge < -0.3 is 10.7 Å². The highest BCUT2D eigenvalue weighted by molar-refractivity contribution is 5.91. The molecule has 0 aromatic carbocycles. The van der Waals surface area contributed by atoms with Gasteiger partial charge in [0.25, 0.3) is 11.5 Å². The van der Waals surface area contributed by atoms with Crippen LogP contribution in [0.1, 0.15) is 16.2 Å². The number of nitrogens with zero attached hydrogens (tertiary/aromatic N) is 1. The van der Waals surface area contributed by atoms with E-state index >= 15 is 0 Å². The molecule has 0 unspecified atom stereocenters. The van der Waals surface area contributed by atoms with Crippen LogP contribution in [-0.4, -0.2) is 15.9 Å². The van der Waals surface area contributed by atoms with E-state index in [1.165, 1.54) is 0 Å². The minimum Gasteiger partial charge on any atom is -0.365 e. The molecule has 0 bridgehead atoms. The topological polar surface area (TPSA) is 88.8 Å². The van der Waals surface area contributed by atoms with Crippen LogP contribution in [0.15, 0.2) is 11.0 Å². The fourth-order valence-corrected chi connectivity index (χ4v) is 0.659. The molecule has 1 rings (SSSR count). The number of amides is 1. The van der Waals surface area contributed by atoms with Gasteiger partial charge in [0, 0.05) is 6.20 Å². The summed E-state index contributed by atoms with van der Waals surface area (Å²) in [7, 11) is 0. The molecule has 0 fully saturated rings. The van der Waals surface area contributed by atoms with Crippen molar-refractivity contribution < 1.29 is 4.79 Å². The number of nitrogens with two attached hydrogens (primary N) is 1. The second-order valence-corrected chi connectivity index (χ2v) is 2.08. The second kappa shape index (κ2) is 2.53. The molecule has 0 atom stereocenters. The van der Waals surface area contributed by atoms with Crippen LogP contribution in [0, 0.1) is 6.92 Å². The van der Waals surface area contributed by atoms with E-state index in [0.29, 0.717) is 5.82 Å². The average molecular weight is 153 g/mol. The van der Waals surface area contributed by atoms with Crippen LogP contribution in [-0.2, 0) is 0 Å². The molecular weight excluding hydrogens is 146 g/mol. The number of hydrogen-bond donors (Lipinski definition) is 2. The van der Waals surface area contributed by atoms with Crippen LogP contribution in [0.2, 0.25) is 0 Å². The summed E-state index contributed by atoms with van der Waals surface area (Å²) in [6, 6.07) is 0. The molecule has 0 aliphatic carbocycles. The maximum Gasteiger partial charge on any atom is 0.263 e. The summed E-state index contributed by atoms with van der Waals surface area (Å²) in [5.41, 5.74) is 4.26. The van der Waals surface area contributed by atoms with Gasteiger partial charge in [-0.1, -0.05) is 0 Å². The van der Waals surface area contributed by atoms with Crippen molar-refractivity contribution in [3.05, 3.63) is 27.9 Å². The first-order valence-electron chi connectivity index (χ1n) is 2.97. The smallest absolute Gasteiger partial charge is 0.263 e. The number of carbonyl (C=O) groups is 1. The summed E-state index contributed by atoms with van der Waals surface area (Å²) in [6.07, 6.45) is 1.16. The molecule has 0 aliphatic rings. The summed E-state index contributed by atoms with van der Waals surface area (Å²) in [5, 5.41) is 0. The van der Waals surface area contributed by atoms with Crippen LogP contribution in [0.3, 0.4) is 0 Å². The molecule has 0 aliphatic heterocycles. The van der Waals surface area contributed by atoms with Gasteiger partial charge in [-0.05, 0) is 6.92 Å². The number of H-pyrrole nitrogens is 1. The maximum absolute atomic E-state index is 10.9. The lowest BCUT2D eigenvalue weighted by Crippen LogP contribution is -2.24. The quantitative estimate of drug-likeness (QED) is 0.552. The zero-order valence-electron chi connectivity index (χ0n) is 5.92. The third-order valence-corrected chi connectivity index (χ3v) is 1.19. The Balaban J connectivity index is 3.32. The largest absolute Gasteiger partial charge is 0.365 e. The van der Waals surface area contributed by atoms with Crippen molar-refractivity contribution in [2.75, 3.05) is 0 Å². The number of rotatable bonds is 1. The van der Waals surface area contributed by atoms with Crippen molar-refractivity contribution in [3.8, 4) is 0 Å². The van der Waals surface area contributed by atoms with E-state index in [1.54, 1.807) is 6.92 Å². The van der Waals surface area contributed by atoms with Crippen molar-refractivity contribution >= 4 is 5.91 Å². The van der Waals surface area contributed by atoms with Crippen LogP contribution >= 0.6 is 0 Å². The van der Waals surface area contributed by atoms with Crippen molar-refractivity contribution in [1.82, 2.24) is 9.97 Å². The van der Waals surface area contributed by atoms with E-state index < -0.39 is 11.5 Å². The number of nitrogens with one attached hydrogen (secondary N) is 1. The number of hydrogen-bond acceptors (Lipinski definition) is 3. The normalized spacial score (nSPS) is 9.55. The van der Waals surface area contributed by atoms with Crippen LogP contribution < -0.4 is 11.3 Å². The lowest BCUT2D eigenvalue weighted by Gasteiger charge is -1.93. The Kier molecular flexibility index (Phi) is 1.72. The molecule has 11 heavy (non-hydrogen) atoms. The molecule has 5 heteroatoms. The SMILES string of the molecule is Cc1ncc(C(N)=O)c(=O)[nH]1. The molecule has 5 nitrogen and oxygen atoms in total. The van der Waals surface area contributed by atoms with E-state index in [0.717, 1.165) is 6.20 Å². The zero-order valence-corrected chi connectivity index (χ0v) is 5.92. The molecule has 0 saturated heterocycles. The number of primary amides is 1. The minimum absolute atomic E-state index is 0.115. The predicted octanol–water partition coefficient (Wildman–Crippen LogP) is -0.823. The number of aryl methyl sites for hydroxylation is 1. The van der Waals surface area contributed by atoms with Crippen LogP contribution in [0.25, 0.3) is 0 Å². The van der Waals surface area contributed by atoms with Crippen molar-refractivity contribution in [2.24, 2.45) is 5.73 Å². The van der Waals surface area contributed by atoms with Crippen molar-refractivity contribution in [2.45, 2.75) is 6.92 Å². The summed E-state index contributed by atoms with van der Waals surface area (Å²) in [6.45, 7) is 1.62. The van der Waals surface area contributed by atoms with Gasteiger partial charge in [-0.3, -0.25) is 9.59 Å². The number of carbonyl (C=O) groups excluding carboxylic acids is 1. The van der Waals surface area contributed by atoms with Gasteiger partial charge >= 0.3 is 0 Å². The Hall–Kier alpha value is -1.65. The second-order valence-electron chi connectivity index (χ2n) is 2.08. The first kappa shape index (κ1) is 7.46. The van der Waals surface area contributed by atoms with E-state index in [9.17, 15) is 9.59 Å². The molecule has 1 aromatic heterocycles. The highest BCUT2D eigenvalue weighted by atomic mass is 16.2. The lowest BCUT2D eigenvalue weighted by molar-refractivity contribution is 0.0998. The van der Waals surface area contributed by atoms with Gasteiger partial charge in [0.1, 0.15) is 11.4 Å². The van der Waals surface area contributed by atoms with Crippen LogP contribution in [0.5, 0.6) is 0 Å². The Morgan fingerprint density at radius 2 is 2.36 bits per heavy atom. The van der Waals surface area contributed by atoms with Gasteiger partial charge in [0.2, 0.25) is 0 Å². The van der Waals surface area contributed by atoms with Gasteiger partial charge in [0.15, 0.2) is 0 Å². The minimum atomic E-state index is -0.765. The summed E-state index contributed by atoms with van der Waals surface area (Å²) < 4.78 is 0. The van der Waals surface area contributed by atoms with E-state index in [2.05, 4.69) is 9.97 Å². The molecule has 0 spiro atoms. The molecule has 1 heterocycles. The third kappa shape index (κ3) is 1.43. The Labute approximate surface area is 62.3 Å². The fraction of sp³-hybridized carbons (Fsp3) is 0.167. The molecule has 1 amide bonds. The van der Waals surface area contributed by atoms with E-state index in [4.69, 9.17) is 5.73 Å². The number of aromatic amines is 1. The predicted molar refractivity (Wildman–Crippen MR) is 38.1 cm³/mol. The molecule has 3 N–H and O–H groups in total. The van der Waals surface area contributed by atoms with E-state index in [1.807, 2.05) is 0 Å². The summed E-state index contributed by atoms with van der Waals surface area (Å²) in [4.78, 5) is 27.4. The molecule has 0 saturated carbocycles. The highest BCUT2D eigenvalue weighted by Gasteiger charge is 2.05. The first-order valence-corrected chi connectivity index (χ1v) is 2.97. The molecular formula is C6H7N3O2. The van der Waals surface area contributed by atoms with E-state index in [-0.39, 0.29) is 5.56 Å². The molecule has 0 radical (unpaired) electrons. The number of aromatic nitrogens is 2. The zero-order chi connectivity index (χ0) is 8.43. The monoisotopic (exact) mass is 153 g/mol. The Morgan fingerprint density at radius 3 is 2.82 bits per heavy atom. The maximum atomic E-state index is 10.9. The van der Waals surface area contributed by atoms with Crippen molar-refractivity contribution in [1.29, 1.82) is 0 Å². The Morgan fingerprint density at radius 1 is 1.73 bits per heavy atom. The van der Waals surface area contributed by atoms with Crippen molar-refractivity contribution in [3.63, 3.8) is 0 Å². The van der Waals surface area contributed by atoms with Gasteiger partial charge in [-0.25, -0.2) is 4.98 Å². The Bertz CT molecular complexity index is 342. The summed E-state index contributed by atoms with van der Waals surface area (Å²) in [5.74, 6) is -0.307. The lowest BCUT2D eigenvalue weighted by atomic mass is 10.3. The van der Waals surface area contributed by atoms with Gasteiger partial charge in [-0.15, -0.1) is 0 Å². The van der Waals surface area contributed by atoms with Crippen LogP contribution in [0.4, 0.5) is 0 Å². The summed E-state index contributed by atoms with van der Waals surface area (Å²) >= 11 is 0. The standard InChI is InChI=1S/C6H7N3O2/c1-3-8-2-4(5(7)10)6(11)9-3/h2H,1H3,(H2,7,10)(H,8,9,11). The van der Waals surface area contributed by atoms with Gasteiger partial charge in [-0.2, -0.15) is 0 Å². The highest BCUT2D eigenvalue weighted by Crippen LogP contribution is 1.85. The fourth-order valence-electron chi connectivity index (χ4n) is 0.659. The molecule has 1 aromatic rings. The third-order valence-electron chi connectivity index (χ3n) is 1.19. The van der Waals surface area contributed by atoms with Gasteiger partial charge in [0.05, 0.1) is 0 Å². The average Bonchev–Trinajstić information content (AvgIpc) is 1.85. The first-order chi connectivity index (χ1) is 5.11. The molecule has 58 valence electrons.